The number of hydrogen-bond donors (Lipinski definition) is 3. The molecule has 0 rings (SSSR count). The van der Waals surface area contributed by atoms with Gasteiger partial charge >= 0.3 is 39.5 Å². The Labute approximate surface area is 632 Å². The Hall–Kier alpha value is -1.94. The zero-order chi connectivity index (χ0) is 75.8. The molecule has 0 aliphatic carbocycles. The van der Waals surface area contributed by atoms with Crippen molar-refractivity contribution in [2.75, 3.05) is 39.6 Å². The first kappa shape index (κ1) is 101. The van der Waals surface area contributed by atoms with Gasteiger partial charge in [-0.2, -0.15) is 0 Å². The SMILES string of the molecule is CCCCCCCCCCCCCCC(=O)O[C@H](COC(=O)CCCCCCCCCCC(C)C)COP(=O)(O)OC[C@H](O)COP(=O)(O)OC[C@@H](COC(=O)CCCCCCCCCCCCCCCCCCC(C)C)OC(=O)CCCCCCCCCCCCCCCCCCCCC(C)C. The van der Waals surface area contributed by atoms with E-state index in [4.69, 9.17) is 37.0 Å². The number of aliphatic hydroxyl groups is 1. The molecule has 0 saturated carbocycles. The summed E-state index contributed by atoms with van der Waals surface area (Å²) in [4.78, 5) is 73.1. The minimum absolute atomic E-state index is 0.107. The lowest BCUT2D eigenvalue weighted by Gasteiger charge is -2.21. The summed E-state index contributed by atoms with van der Waals surface area (Å²) in [6.07, 6.45) is 63.9. The van der Waals surface area contributed by atoms with Crippen molar-refractivity contribution in [2.45, 2.75) is 458 Å². The number of carbonyl (C=O) groups excluding carboxylic acids is 4. The molecule has 0 amide bonds. The van der Waals surface area contributed by atoms with Gasteiger partial charge in [-0.05, 0) is 43.4 Å². The van der Waals surface area contributed by atoms with Gasteiger partial charge in [0.2, 0.25) is 0 Å². The van der Waals surface area contributed by atoms with Crippen LogP contribution in [0.2, 0.25) is 0 Å². The number of unbranched alkanes of at least 4 members (excludes halogenated alkanes) is 50. The van der Waals surface area contributed by atoms with E-state index in [2.05, 4.69) is 48.5 Å². The first-order chi connectivity index (χ1) is 49.7. The first-order valence-corrected chi connectivity index (χ1v) is 46.3. The predicted molar refractivity (Wildman–Crippen MR) is 423 cm³/mol. The van der Waals surface area contributed by atoms with E-state index in [0.29, 0.717) is 25.7 Å². The predicted octanol–water partition coefficient (Wildman–Crippen LogP) is 25.3. The molecular weight excluding hydrogens is 1340 g/mol. The summed E-state index contributed by atoms with van der Waals surface area (Å²) in [5.41, 5.74) is 0. The van der Waals surface area contributed by atoms with Crippen molar-refractivity contribution in [1.29, 1.82) is 0 Å². The highest BCUT2D eigenvalue weighted by Crippen LogP contribution is 2.45. The smallest absolute Gasteiger partial charge is 0.462 e. The van der Waals surface area contributed by atoms with E-state index in [0.717, 1.165) is 108 Å². The molecule has 0 aliphatic heterocycles. The third-order valence-corrected chi connectivity index (χ3v) is 21.5. The molecule has 0 aliphatic rings. The third kappa shape index (κ3) is 78.0. The molecule has 0 heterocycles. The Kier molecular flexibility index (Phi) is 72.8. The van der Waals surface area contributed by atoms with Crippen molar-refractivity contribution in [3.63, 3.8) is 0 Å². The van der Waals surface area contributed by atoms with E-state index in [1.807, 2.05) is 0 Å². The average Bonchev–Trinajstić information content (AvgIpc) is 0.918. The van der Waals surface area contributed by atoms with Crippen LogP contribution in [0.1, 0.15) is 440 Å². The zero-order valence-corrected chi connectivity index (χ0v) is 69.6. The molecular formula is C84H164O17P2. The van der Waals surface area contributed by atoms with E-state index in [-0.39, 0.29) is 25.7 Å². The number of phosphoric acid groups is 2. The van der Waals surface area contributed by atoms with E-state index in [9.17, 15) is 43.2 Å². The van der Waals surface area contributed by atoms with E-state index < -0.39 is 97.5 Å². The zero-order valence-electron chi connectivity index (χ0n) is 67.8. The number of phosphoric ester groups is 2. The first-order valence-electron chi connectivity index (χ1n) is 43.3. The highest BCUT2D eigenvalue weighted by atomic mass is 31.2. The van der Waals surface area contributed by atoms with E-state index in [1.165, 1.54) is 250 Å². The topological polar surface area (TPSA) is 237 Å². The number of hydrogen-bond acceptors (Lipinski definition) is 15. The van der Waals surface area contributed by atoms with Gasteiger partial charge in [-0.25, -0.2) is 9.13 Å². The largest absolute Gasteiger partial charge is 0.472 e. The number of ether oxygens (including phenoxy) is 4. The lowest BCUT2D eigenvalue weighted by molar-refractivity contribution is -0.161. The normalized spacial score (nSPS) is 13.9. The molecule has 5 atom stereocenters. The molecule has 0 saturated heterocycles. The van der Waals surface area contributed by atoms with Gasteiger partial charge in [-0.1, -0.05) is 389 Å². The number of esters is 4. The molecule has 3 N–H and O–H groups in total. The molecule has 0 aromatic rings. The summed E-state index contributed by atoms with van der Waals surface area (Å²) in [7, 11) is -9.92. The quantitative estimate of drug-likeness (QED) is 0.0222. The fourth-order valence-corrected chi connectivity index (χ4v) is 14.6. The molecule has 0 fully saturated rings. The van der Waals surface area contributed by atoms with Gasteiger partial charge in [-0.15, -0.1) is 0 Å². The molecule has 0 radical (unpaired) electrons. The van der Waals surface area contributed by atoms with Crippen LogP contribution < -0.4 is 0 Å². The Morgan fingerprint density at radius 2 is 0.447 bits per heavy atom. The fourth-order valence-electron chi connectivity index (χ4n) is 13.0. The lowest BCUT2D eigenvalue weighted by atomic mass is 10.0. The summed E-state index contributed by atoms with van der Waals surface area (Å²) in [5.74, 6) is 0.252. The van der Waals surface area contributed by atoms with Crippen LogP contribution in [0.15, 0.2) is 0 Å². The van der Waals surface area contributed by atoms with Crippen LogP contribution >= 0.6 is 15.6 Å². The third-order valence-electron chi connectivity index (χ3n) is 19.6. The monoisotopic (exact) mass is 1510 g/mol. The van der Waals surface area contributed by atoms with Gasteiger partial charge in [0.1, 0.15) is 19.3 Å². The molecule has 2 unspecified atom stereocenters. The second-order valence-electron chi connectivity index (χ2n) is 31.6. The summed E-state index contributed by atoms with van der Waals surface area (Å²) in [5, 5.41) is 10.7. The van der Waals surface area contributed by atoms with E-state index in [1.54, 1.807) is 0 Å². The summed E-state index contributed by atoms with van der Waals surface area (Å²) < 4.78 is 68.8. The molecule has 0 aromatic carbocycles. The average molecular weight is 1510 g/mol. The molecule has 0 bridgehead atoms. The summed E-state index contributed by atoms with van der Waals surface area (Å²) in [6.45, 7) is 12.0. The highest BCUT2D eigenvalue weighted by Gasteiger charge is 2.30. The number of rotatable bonds is 82. The minimum Gasteiger partial charge on any atom is -0.462 e. The van der Waals surface area contributed by atoms with Crippen LogP contribution in [0, 0.1) is 17.8 Å². The second-order valence-corrected chi connectivity index (χ2v) is 34.6. The van der Waals surface area contributed by atoms with Gasteiger partial charge in [0.05, 0.1) is 26.4 Å². The van der Waals surface area contributed by atoms with Crippen LogP contribution in [0.25, 0.3) is 0 Å². The minimum atomic E-state index is -4.96. The number of carbonyl (C=O) groups is 4. The Morgan fingerprint density at radius 1 is 0.262 bits per heavy atom. The summed E-state index contributed by atoms with van der Waals surface area (Å²) in [6, 6.07) is 0. The maximum atomic E-state index is 13.1. The van der Waals surface area contributed by atoms with Crippen LogP contribution in [0.3, 0.4) is 0 Å². The van der Waals surface area contributed by atoms with Gasteiger partial charge in [0.15, 0.2) is 12.2 Å². The Morgan fingerprint density at radius 3 is 0.660 bits per heavy atom. The van der Waals surface area contributed by atoms with Crippen molar-refractivity contribution in [3.8, 4) is 0 Å². The maximum absolute atomic E-state index is 13.1. The molecule has 19 heteroatoms. The van der Waals surface area contributed by atoms with Gasteiger partial charge in [-0.3, -0.25) is 37.3 Å². The van der Waals surface area contributed by atoms with Crippen LogP contribution in [0.4, 0.5) is 0 Å². The van der Waals surface area contributed by atoms with Crippen molar-refractivity contribution in [3.05, 3.63) is 0 Å². The van der Waals surface area contributed by atoms with Crippen molar-refractivity contribution in [2.24, 2.45) is 17.8 Å². The lowest BCUT2D eigenvalue weighted by Crippen LogP contribution is -2.30. The van der Waals surface area contributed by atoms with Gasteiger partial charge in [0, 0.05) is 25.7 Å². The maximum Gasteiger partial charge on any atom is 0.472 e. The summed E-state index contributed by atoms with van der Waals surface area (Å²) >= 11 is 0. The fraction of sp³-hybridized carbons (Fsp3) is 0.952. The Bertz CT molecular complexity index is 1990. The second kappa shape index (κ2) is 74.2. The molecule has 0 aromatic heterocycles. The molecule has 0 spiro atoms. The van der Waals surface area contributed by atoms with Crippen LogP contribution in [-0.2, 0) is 65.4 Å². The van der Waals surface area contributed by atoms with Gasteiger partial charge < -0.3 is 33.8 Å². The van der Waals surface area contributed by atoms with Crippen LogP contribution in [-0.4, -0.2) is 96.7 Å². The molecule has 17 nitrogen and oxygen atoms in total. The van der Waals surface area contributed by atoms with Crippen molar-refractivity contribution in [1.82, 2.24) is 0 Å². The van der Waals surface area contributed by atoms with Gasteiger partial charge in [0.25, 0.3) is 0 Å². The van der Waals surface area contributed by atoms with Crippen molar-refractivity contribution < 1.29 is 80.2 Å². The highest BCUT2D eigenvalue weighted by molar-refractivity contribution is 7.47. The van der Waals surface area contributed by atoms with E-state index >= 15 is 0 Å². The standard InChI is InChI=1S/C84H164O17P2/c1-8-9-10-11-12-13-14-31-37-46-53-60-67-83(88)101-80(72-95-82(87)66-59-52-45-40-39-43-50-57-64-77(6)7)74-99-103(92,93)97-70-78(85)69-96-102(90,91)98-73-79(71-94-81(86)65-58-51-44-36-32-27-23-20-19-22-26-30-35-42-49-56-63-76(4)5)100-84(89)68-61-54-47-38-33-28-24-18-16-15-17-21-25-29-34-41-48-55-62-75(2)3/h75-80,85H,8-74H2,1-7H3,(H,90,91)(H,92,93)/t78-,79-,80-/m1/s1. The number of aliphatic hydroxyl groups excluding tert-OH is 1. The van der Waals surface area contributed by atoms with Crippen LogP contribution in [0.5, 0.6) is 0 Å². The molecule has 103 heavy (non-hydrogen) atoms. The molecule has 612 valence electrons. The Balaban J connectivity index is 5.22. The van der Waals surface area contributed by atoms with Crippen molar-refractivity contribution >= 4 is 39.5 Å².